The standard InChI is InChI=1S/C31H25FN2O3S/c1-36-28-16-11-22(19-27-30(35)34(31(38)33-27)26-14-12-25(32)13-15-26)18-24(28)20-37-29-10-6-5-9-23(29)17-21-7-3-2-4-8-21/h2-16,18-19H,17,20H2,1H3,(H,33,38)/b27-19+. The maximum atomic E-state index is 13.3. The summed E-state index contributed by atoms with van der Waals surface area (Å²) >= 11 is 5.37. The molecule has 1 aliphatic heterocycles. The van der Waals surface area contributed by atoms with E-state index in [0.717, 1.165) is 28.9 Å². The van der Waals surface area contributed by atoms with Crippen LogP contribution in [-0.4, -0.2) is 18.1 Å². The molecule has 5 rings (SSSR count). The lowest BCUT2D eigenvalue weighted by molar-refractivity contribution is -0.113. The lowest BCUT2D eigenvalue weighted by atomic mass is 10.0. The normalized spacial score (nSPS) is 14.1. The lowest BCUT2D eigenvalue weighted by Gasteiger charge is -2.14. The van der Waals surface area contributed by atoms with E-state index in [0.29, 0.717) is 17.1 Å². The Balaban J connectivity index is 1.35. The van der Waals surface area contributed by atoms with Gasteiger partial charge in [-0.2, -0.15) is 0 Å². The monoisotopic (exact) mass is 524 g/mol. The Morgan fingerprint density at radius 3 is 2.39 bits per heavy atom. The van der Waals surface area contributed by atoms with Crippen molar-refractivity contribution in [1.82, 2.24) is 5.32 Å². The van der Waals surface area contributed by atoms with Crippen LogP contribution in [0.15, 0.2) is 103 Å². The Bertz CT molecular complexity index is 1500. The van der Waals surface area contributed by atoms with Crippen LogP contribution in [0.3, 0.4) is 0 Å². The smallest absolute Gasteiger partial charge is 0.281 e. The fraction of sp³-hybridized carbons (Fsp3) is 0.0968. The number of nitrogens with zero attached hydrogens (tertiary/aromatic N) is 1. The Morgan fingerprint density at radius 1 is 0.895 bits per heavy atom. The molecule has 0 radical (unpaired) electrons. The minimum atomic E-state index is -0.384. The van der Waals surface area contributed by atoms with Gasteiger partial charge in [0.15, 0.2) is 5.11 Å². The molecule has 7 heteroatoms. The van der Waals surface area contributed by atoms with Gasteiger partial charge in [-0.1, -0.05) is 54.6 Å². The van der Waals surface area contributed by atoms with Gasteiger partial charge in [0.1, 0.15) is 29.6 Å². The molecule has 4 aromatic carbocycles. The number of para-hydroxylation sites is 1. The van der Waals surface area contributed by atoms with Crippen LogP contribution in [0, 0.1) is 5.82 Å². The van der Waals surface area contributed by atoms with E-state index >= 15 is 0 Å². The number of halogens is 1. The Morgan fingerprint density at radius 2 is 1.63 bits per heavy atom. The zero-order valence-corrected chi connectivity index (χ0v) is 21.5. The van der Waals surface area contributed by atoms with E-state index in [4.69, 9.17) is 21.7 Å². The van der Waals surface area contributed by atoms with Crippen molar-refractivity contribution in [3.8, 4) is 11.5 Å². The summed E-state index contributed by atoms with van der Waals surface area (Å²) in [6.45, 7) is 0.285. The van der Waals surface area contributed by atoms with Gasteiger partial charge in [-0.25, -0.2) is 4.39 Å². The topological polar surface area (TPSA) is 50.8 Å². The zero-order valence-electron chi connectivity index (χ0n) is 20.7. The van der Waals surface area contributed by atoms with E-state index in [2.05, 4.69) is 23.5 Å². The Hall–Kier alpha value is -4.49. The third kappa shape index (κ3) is 5.58. The fourth-order valence-corrected chi connectivity index (χ4v) is 4.59. The predicted molar refractivity (Wildman–Crippen MR) is 151 cm³/mol. The highest BCUT2D eigenvalue weighted by molar-refractivity contribution is 7.80. The molecule has 0 aliphatic carbocycles. The first-order valence-electron chi connectivity index (χ1n) is 12.1. The number of rotatable bonds is 8. The first kappa shape index (κ1) is 25.2. The van der Waals surface area contributed by atoms with E-state index < -0.39 is 0 Å². The Labute approximate surface area is 226 Å². The van der Waals surface area contributed by atoms with Crippen molar-refractivity contribution in [3.63, 3.8) is 0 Å². The molecule has 0 aromatic heterocycles. The molecule has 0 atom stereocenters. The average Bonchev–Trinajstić information content (AvgIpc) is 3.21. The SMILES string of the molecule is COc1ccc(/C=C2/NC(=S)N(c3ccc(F)cc3)C2=O)cc1COc1ccccc1Cc1ccccc1. The summed E-state index contributed by atoms with van der Waals surface area (Å²) in [7, 11) is 1.61. The highest BCUT2D eigenvalue weighted by Gasteiger charge is 2.32. The van der Waals surface area contributed by atoms with Crippen LogP contribution in [0.25, 0.3) is 6.08 Å². The van der Waals surface area contributed by atoms with Crippen molar-refractivity contribution in [3.05, 3.63) is 131 Å². The lowest BCUT2D eigenvalue weighted by Crippen LogP contribution is -2.30. The van der Waals surface area contributed by atoms with Gasteiger partial charge in [0.25, 0.3) is 5.91 Å². The number of benzene rings is 4. The summed E-state index contributed by atoms with van der Waals surface area (Å²) < 4.78 is 25.1. The number of amides is 1. The molecular formula is C31H25FN2O3S. The van der Waals surface area contributed by atoms with Gasteiger partial charge in [0.2, 0.25) is 0 Å². The van der Waals surface area contributed by atoms with Crippen LogP contribution in [0.2, 0.25) is 0 Å². The third-order valence-corrected chi connectivity index (χ3v) is 6.46. The summed E-state index contributed by atoms with van der Waals surface area (Å²) in [5.41, 5.74) is 4.73. The van der Waals surface area contributed by atoms with Gasteiger partial charge in [0, 0.05) is 12.0 Å². The van der Waals surface area contributed by atoms with Crippen molar-refractivity contribution >= 4 is 35.0 Å². The summed E-state index contributed by atoms with van der Waals surface area (Å²) in [5, 5.41) is 3.20. The van der Waals surface area contributed by atoms with E-state index in [1.165, 1.54) is 34.7 Å². The largest absolute Gasteiger partial charge is 0.496 e. The summed E-state index contributed by atoms with van der Waals surface area (Å²) in [6, 6.07) is 29.5. The van der Waals surface area contributed by atoms with Gasteiger partial charge in [0.05, 0.1) is 12.8 Å². The maximum absolute atomic E-state index is 13.3. The first-order chi connectivity index (χ1) is 18.5. The molecule has 0 saturated carbocycles. The first-order valence-corrected chi connectivity index (χ1v) is 12.5. The van der Waals surface area contributed by atoms with Crippen LogP contribution in [0.1, 0.15) is 22.3 Å². The molecule has 1 aliphatic rings. The maximum Gasteiger partial charge on any atom is 0.281 e. The number of carbonyl (C=O) groups excluding carboxylic acids is 1. The quantitative estimate of drug-likeness (QED) is 0.218. The van der Waals surface area contributed by atoms with Crippen molar-refractivity contribution in [2.75, 3.05) is 12.0 Å². The number of hydrogen-bond acceptors (Lipinski definition) is 4. The van der Waals surface area contributed by atoms with Gasteiger partial charge in [-0.15, -0.1) is 0 Å². The Kier molecular flexibility index (Phi) is 7.47. The summed E-state index contributed by atoms with van der Waals surface area (Å²) in [4.78, 5) is 14.4. The molecule has 0 unspecified atom stereocenters. The molecule has 38 heavy (non-hydrogen) atoms. The van der Waals surface area contributed by atoms with E-state index in [1.54, 1.807) is 13.2 Å². The number of anilines is 1. The number of ether oxygens (including phenoxy) is 2. The van der Waals surface area contributed by atoms with Gasteiger partial charge >= 0.3 is 0 Å². The van der Waals surface area contributed by atoms with Gasteiger partial charge in [-0.3, -0.25) is 9.69 Å². The van der Waals surface area contributed by atoms with Crippen molar-refractivity contribution in [1.29, 1.82) is 0 Å². The van der Waals surface area contributed by atoms with Crippen molar-refractivity contribution < 1.29 is 18.7 Å². The average molecular weight is 525 g/mol. The van der Waals surface area contributed by atoms with Crippen LogP contribution in [0.5, 0.6) is 11.5 Å². The highest BCUT2D eigenvalue weighted by Crippen LogP contribution is 2.28. The molecule has 1 fully saturated rings. The number of carbonyl (C=O) groups is 1. The molecule has 4 aromatic rings. The van der Waals surface area contributed by atoms with E-state index in [-0.39, 0.29) is 23.4 Å². The van der Waals surface area contributed by atoms with Crippen LogP contribution < -0.4 is 19.7 Å². The molecule has 0 bridgehead atoms. The molecule has 1 saturated heterocycles. The molecule has 1 heterocycles. The molecule has 1 amide bonds. The second kappa shape index (κ2) is 11.3. The minimum absolute atomic E-state index is 0.236. The number of hydrogen-bond donors (Lipinski definition) is 1. The molecular weight excluding hydrogens is 499 g/mol. The van der Waals surface area contributed by atoms with Crippen LogP contribution >= 0.6 is 12.2 Å². The highest BCUT2D eigenvalue weighted by atomic mass is 32.1. The summed E-state index contributed by atoms with van der Waals surface area (Å²) in [6.07, 6.45) is 2.49. The third-order valence-electron chi connectivity index (χ3n) is 6.17. The van der Waals surface area contributed by atoms with Crippen molar-refractivity contribution in [2.45, 2.75) is 13.0 Å². The molecule has 1 N–H and O–H groups in total. The number of nitrogens with one attached hydrogen (secondary N) is 1. The minimum Gasteiger partial charge on any atom is -0.496 e. The number of thiocarbonyl (C=S) groups is 1. The van der Waals surface area contributed by atoms with Gasteiger partial charge < -0.3 is 14.8 Å². The summed E-state index contributed by atoms with van der Waals surface area (Å²) in [5.74, 6) is 0.785. The molecule has 190 valence electrons. The number of methoxy groups -OCH3 is 1. The fourth-order valence-electron chi connectivity index (χ4n) is 4.29. The van der Waals surface area contributed by atoms with Crippen molar-refractivity contribution in [2.24, 2.45) is 0 Å². The zero-order chi connectivity index (χ0) is 26.5. The van der Waals surface area contributed by atoms with Crippen LogP contribution in [-0.2, 0) is 17.8 Å². The van der Waals surface area contributed by atoms with Gasteiger partial charge in [-0.05, 0) is 77.4 Å². The second-order valence-electron chi connectivity index (χ2n) is 8.74. The molecule has 5 nitrogen and oxygen atoms in total. The second-order valence-corrected chi connectivity index (χ2v) is 9.12. The van der Waals surface area contributed by atoms with E-state index in [9.17, 15) is 9.18 Å². The van der Waals surface area contributed by atoms with Crippen LogP contribution in [0.4, 0.5) is 10.1 Å². The van der Waals surface area contributed by atoms with E-state index in [1.807, 2.05) is 54.6 Å². The predicted octanol–water partition coefficient (Wildman–Crippen LogP) is 6.27. The molecule has 0 spiro atoms.